The Morgan fingerprint density at radius 1 is 1.20 bits per heavy atom. The fraction of sp³-hybridized carbons (Fsp3) is 0.786. The second-order valence-corrected chi connectivity index (χ2v) is 7.05. The van der Waals surface area contributed by atoms with Gasteiger partial charge in [0.2, 0.25) is 11.0 Å². The summed E-state index contributed by atoms with van der Waals surface area (Å²) < 4.78 is 0. The van der Waals surface area contributed by atoms with Crippen molar-refractivity contribution >= 4 is 22.4 Å². The van der Waals surface area contributed by atoms with E-state index in [0.717, 1.165) is 49.2 Å². The van der Waals surface area contributed by atoms with Crippen LogP contribution in [0.5, 0.6) is 0 Å². The first-order valence-electron chi connectivity index (χ1n) is 7.52. The Bertz CT molecular complexity index is 475. The van der Waals surface area contributed by atoms with Crippen LogP contribution in [0.15, 0.2) is 0 Å². The molecule has 110 valence electrons. The molecule has 0 radical (unpaired) electrons. The summed E-state index contributed by atoms with van der Waals surface area (Å²) >= 11 is 1.65. The zero-order chi connectivity index (χ0) is 14.1. The van der Waals surface area contributed by atoms with Gasteiger partial charge in [0, 0.05) is 32.1 Å². The van der Waals surface area contributed by atoms with Crippen LogP contribution in [0.1, 0.15) is 44.0 Å². The lowest BCUT2D eigenvalue weighted by molar-refractivity contribution is -0.137. The zero-order valence-electron chi connectivity index (χ0n) is 12.2. The van der Waals surface area contributed by atoms with Crippen LogP contribution in [0.3, 0.4) is 0 Å². The van der Waals surface area contributed by atoms with Crippen LogP contribution >= 0.6 is 11.3 Å². The van der Waals surface area contributed by atoms with Gasteiger partial charge in [-0.3, -0.25) is 4.79 Å². The average Bonchev–Trinajstić information content (AvgIpc) is 2.87. The number of hydrogen-bond acceptors (Lipinski definition) is 5. The van der Waals surface area contributed by atoms with Crippen LogP contribution in [0.4, 0.5) is 5.13 Å². The summed E-state index contributed by atoms with van der Waals surface area (Å²) in [7, 11) is 0. The highest BCUT2D eigenvalue weighted by Gasteiger charge is 2.37. The third-order valence-electron chi connectivity index (χ3n) is 4.09. The standard InChI is InChI=1S/C14H22N4OS/c1-10(2)12-15-16-14(20-12)18-8-11(9-18)13(19)17-6-4-3-5-7-17/h10-11H,3-9H2,1-2H3. The van der Waals surface area contributed by atoms with E-state index in [-0.39, 0.29) is 5.92 Å². The highest BCUT2D eigenvalue weighted by atomic mass is 32.1. The van der Waals surface area contributed by atoms with Crippen LogP contribution in [-0.2, 0) is 4.79 Å². The van der Waals surface area contributed by atoms with E-state index in [0.29, 0.717) is 11.8 Å². The Morgan fingerprint density at radius 3 is 2.50 bits per heavy atom. The quantitative estimate of drug-likeness (QED) is 0.857. The van der Waals surface area contributed by atoms with Crippen LogP contribution < -0.4 is 4.90 Å². The first-order valence-corrected chi connectivity index (χ1v) is 8.34. The fourth-order valence-corrected chi connectivity index (χ4v) is 3.62. The van der Waals surface area contributed by atoms with Crippen LogP contribution in [0, 0.1) is 5.92 Å². The lowest BCUT2D eigenvalue weighted by Gasteiger charge is -2.41. The van der Waals surface area contributed by atoms with Gasteiger partial charge in [-0.2, -0.15) is 0 Å². The van der Waals surface area contributed by atoms with E-state index < -0.39 is 0 Å². The van der Waals surface area contributed by atoms with Gasteiger partial charge in [-0.25, -0.2) is 0 Å². The summed E-state index contributed by atoms with van der Waals surface area (Å²) in [5.74, 6) is 0.933. The number of carbonyl (C=O) groups is 1. The van der Waals surface area contributed by atoms with Crippen LogP contribution in [0.25, 0.3) is 0 Å². The van der Waals surface area contributed by atoms with E-state index in [1.807, 2.05) is 4.90 Å². The van der Waals surface area contributed by atoms with Gasteiger partial charge >= 0.3 is 0 Å². The van der Waals surface area contributed by atoms with Gasteiger partial charge in [0.1, 0.15) is 5.01 Å². The SMILES string of the molecule is CC(C)c1nnc(N2CC(C(=O)N3CCCCC3)C2)s1. The van der Waals surface area contributed by atoms with E-state index >= 15 is 0 Å². The summed E-state index contributed by atoms with van der Waals surface area (Å²) in [4.78, 5) is 16.6. The van der Waals surface area contributed by atoms with E-state index in [1.54, 1.807) is 11.3 Å². The predicted octanol–water partition coefficient (Wildman–Crippen LogP) is 2.11. The van der Waals surface area contributed by atoms with Crippen molar-refractivity contribution in [3.05, 3.63) is 5.01 Å². The molecule has 0 N–H and O–H groups in total. The molecule has 2 saturated heterocycles. The number of amides is 1. The molecular formula is C14H22N4OS. The number of nitrogens with zero attached hydrogens (tertiary/aromatic N) is 4. The van der Waals surface area contributed by atoms with E-state index in [9.17, 15) is 4.79 Å². The molecule has 0 saturated carbocycles. The molecule has 20 heavy (non-hydrogen) atoms. The topological polar surface area (TPSA) is 49.3 Å². The third-order valence-corrected chi connectivity index (χ3v) is 5.38. The summed E-state index contributed by atoms with van der Waals surface area (Å²) in [6.07, 6.45) is 3.59. The largest absolute Gasteiger partial charge is 0.345 e. The van der Waals surface area contributed by atoms with Crippen LogP contribution in [-0.4, -0.2) is 47.2 Å². The van der Waals surface area contributed by atoms with Crippen molar-refractivity contribution in [3.8, 4) is 0 Å². The van der Waals surface area contributed by atoms with Crippen LogP contribution in [0.2, 0.25) is 0 Å². The minimum absolute atomic E-state index is 0.166. The summed E-state index contributed by atoms with van der Waals surface area (Å²) in [5, 5.41) is 10.5. The molecule has 2 aliphatic rings. The van der Waals surface area contributed by atoms with Gasteiger partial charge in [-0.05, 0) is 19.3 Å². The monoisotopic (exact) mass is 294 g/mol. The van der Waals surface area contributed by atoms with Crippen molar-refractivity contribution in [2.45, 2.75) is 39.0 Å². The molecule has 1 aromatic heterocycles. The van der Waals surface area contributed by atoms with Crippen molar-refractivity contribution in [2.75, 3.05) is 31.1 Å². The highest BCUT2D eigenvalue weighted by molar-refractivity contribution is 7.15. The summed E-state index contributed by atoms with van der Waals surface area (Å²) in [6.45, 7) is 7.77. The number of likely N-dealkylation sites (tertiary alicyclic amines) is 1. The maximum absolute atomic E-state index is 12.3. The number of carbonyl (C=O) groups excluding carboxylic acids is 1. The van der Waals surface area contributed by atoms with Gasteiger partial charge in [-0.1, -0.05) is 25.2 Å². The first kappa shape index (κ1) is 13.8. The van der Waals surface area contributed by atoms with Crippen molar-refractivity contribution < 1.29 is 4.79 Å². The maximum Gasteiger partial charge on any atom is 0.229 e. The molecule has 0 atom stereocenters. The summed E-state index contributed by atoms with van der Waals surface area (Å²) in [6, 6.07) is 0. The number of hydrogen-bond donors (Lipinski definition) is 0. The Hall–Kier alpha value is -1.17. The van der Waals surface area contributed by atoms with E-state index in [1.165, 1.54) is 6.42 Å². The van der Waals surface area contributed by atoms with Gasteiger partial charge in [0.05, 0.1) is 5.92 Å². The van der Waals surface area contributed by atoms with Gasteiger partial charge in [0.15, 0.2) is 0 Å². The Kier molecular flexibility index (Phi) is 3.92. The lowest BCUT2D eigenvalue weighted by atomic mass is 9.98. The van der Waals surface area contributed by atoms with Crippen molar-refractivity contribution in [1.29, 1.82) is 0 Å². The number of aromatic nitrogens is 2. The second-order valence-electron chi connectivity index (χ2n) is 6.07. The predicted molar refractivity (Wildman–Crippen MR) is 80.1 cm³/mol. The molecule has 2 aliphatic heterocycles. The molecular weight excluding hydrogens is 272 g/mol. The molecule has 0 aliphatic carbocycles. The number of anilines is 1. The zero-order valence-corrected chi connectivity index (χ0v) is 13.0. The maximum atomic E-state index is 12.3. The second kappa shape index (κ2) is 5.68. The highest BCUT2D eigenvalue weighted by Crippen LogP contribution is 2.31. The molecule has 0 bridgehead atoms. The summed E-state index contributed by atoms with van der Waals surface area (Å²) in [5.41, 5.74) is 0. The minimum Gasteiger partial charge on any atom is -0.345 e. The number of piperidine rings is 1. The Balaban J connectivity index is 1.53. The Morgan fingerprint density at radius 2 is 1.90 bits per heavy atom. The molecule has 0 unspecified atom stereocenters. The normalized spacial score (nSPS) is 20.4. The molecule has 1 amide bonds. The lowest BCUT2D eigenvalue weighted by Crippen LogP contribution is -2.55. The van der Waals surface area contributed by atoms with E-state index in [4.69, 9.17) is 0 Å². The Labute approximate surface area is 124 Å². The molecule has 2 fully saturated rings. The molecule has 5 nitrogen and oxygen atoms in total. The molecule has 1 aromatic rings. The molecule has 3 heterocycles. The molecule has 6 heteroatoms. The fourth-order valence-electron chi connectivity index (χ4n) is 2.75. The van der Waals surface area contributed by atoms with E-state index in [2.05, 4.69) is 28.9 Å². The minimum atomic E-state index is 0.166. The smallest absolute Gasteiger partial charge is 0.229 e. The molecule has 0 aromatic carbocycles. The van der Waals surface area contributed by atoms with Crippen molar-refractivity contribution in [3.63, 3.8) is 0 Å². The van der Waals surface area contributed by atoms with Crippen molar-refractivity contribution in [2.24, 2.45) is 5.92 Å². The van der Waals surface area contributed by atoms with Gasteiger partial charge in [-0.15, -0.1) is 10.2 Å². The van der Waals surface area contributed by atoms with Crippen molar-refractivity contribution in [1.82, 2.24) is 15.1 Å². The van der Waals surface area contributed by atoms with Gasteiger partial charge < -0.3 is 9.80 Å². The average molecular weight is 294 g/mol. The molecule has 0 spiro atoms. The number of rotatable bonds is 3. The van der Waals surface area contributed by atoms with Gasteiger partial charge in [0.25, 0.3) is 0 Å². The third kappa shape index (κ3) is 2.66. The molecule has 3 rings (SSSR count). The first-order chi connectivity index (χ1) is 9.65.